The molecule has 1 aliphatic rings. The van der Waals surface area contributed by atoms with Crippen molar-refractivity contribution >= 4 is 0 Å². The van der Waals surface area contributed by atoms with Gasteiger partial charge < -0.3 is 4.90 Å². The SMILES string of the molecule is CN1CCC(c2ccccc2)(N(C)C)CC1. The average Bonchev–Trinajstić information content (AvgIpc) is 2.31. The zero-order valence-electron chi connectivity index (χ0n) is 10.6. The minimum atomic E-state index is 0.244. The van der Waals surface area contributed by atoms with Crippen molar-refractivity contribution in [3.8, 4) is 0 Å². The Hall–Kier alpha value is -0.860. The third kappa shape index (κ3) is 2.00. The summed E-state index contributed by atoms with van der Waals surface area (Å²) in [4.78, 5) is 4.82. The van der Waals surface area contributed by atoms with Crippen molar-refractivity contribution in [3.63, 3.8) is 0 Å². The molecule has 16 heavy (non-hydrogen) atoms. The first-order valence-electron chi connectivity index (χ1n) is 6.07. The Balaban J connectivity index is 2.30. The Morgan fingerprint density at radius 3 is 2.12 bits per heavy atom. The lowest BCUT2D eigenvalue weighted by molar-refractivity contribution is 0.0643. The predicted molar refractivity (Wildman–Crippen MR) is 68.5 cm³/mol. The van der Waals surface area contributed by atoms with Crippen molar-refractivity contribution in [2.75, 3.05) is 34.2 Å². The molecule has 1 aromatic rings. The standard InChI is InChI=1S/C14H22N2/c1-15(2)14(9-11-16(3)12-10-14)13-7-5-4-6-8-13/h4-8H,9-12H2,1-3H3. The fourth-order valence-corrected chi connectivity index (χ4v) is 2.73. The van der Waals surface area contributed by atoms with Crippen LogP contribution < -0.4 is 0 Å². The van der Waals surface area contributed by atoms with Gasteiger partial charge >= 0.3 is 0 Å². The summed E-state index contributed by atoms with van der Waals surface area (Å²) in [7, 11) is 6.63. The Labute approximate surface area is 98.9 Å². The highest BCUT2D eigenvalue weighted by Gasteiger charge is 2.36. The number of piperidine rings is 1. The molecule has 1 fully saturated rings. The highest BCUT2D eigenvalue weighted by molar-refractivity contribution is 5.25. The van der Waals surface area contributed by atoms with Crippen molar-refractivity contribution in [3.05, 3.63) is 35.9 Å². The predicted octanol–water partition coefficient (Wildman–Crippen LogP) is 2.17. The molecule has 0 aromatic heterocycles. The van der Waals surface area contributed by atoms with E-state index in [2.05, 4.69) is 61.3 Å². The van der Waals surface area contributed by atoms with Crippen LogP contribution in [0.3, 0.4) is 0 Å². The van der Waals surface area contributed by atoms with E-state index in [0.29, 0.717) is 0 Å². The highest BCUT2D eigenvalue weighted by Crippen LogP contribution is 2.36. The monoisotopic (exact) mass is 218 g/mol. The summed E-state index contributed by atoms with van der Waals surface area (Å²) >= 11 is 0. The third-order valence-corrected chi connectivity index (χ3v) is 3.98. The van der Waals surface area contributed by atoms with Crippen LogP contribution in [-0.4, -0.2) is 44.0 Å². The Morgan fingerprint density at radius 1 is 1.06 bits per heavy atom. The number of likely N-dealkylation sites (tertiary alicyclic amines) is 1. The first-order chi connectivity index (χ1) is 7.65. The van der Waals surface area contributed by atoms with E-state index < -0.39 is 0 Å². The van der Waals surface area contributed by atoms with E-state index in [9.17, 15) is 0 Å². The van der Waals surface area contributed by atoms with Crippen LogP contribution in [-0.2, 0) is 5.54 Å². The molecule has 1 saturated heterocycles. The van der Waals surface area contributed by atoms with E-state index in [4.69, 9.17) is 0 Å². The van der Waals surface area contributed by atoms with Crippen LogP contribution in [0.2, 0.25) is 0 Å². The molecule has 1 heterocycles. The van der Waals surface area contributed by atoms with E-state index in [1.807, 2.05) is 0 Å². The zero-order valence-corrected chi connectivity index (χ0v) is 10.6. The molecule has 0 amide bonds. The van der Waals surface area contributed by atoms with Crippen LogP contribution in [0, 0.1) is 0 Å². The first kappa shape index (κ1) is 11.6. The molecule has 0 radical (unpaired) electrons. The number of hydrogen-bond acceptors (Lipinski definition) is 2. The van der Waals surface area contributed by atoms with Gasteiger partial charge in [-0.3, -0.25) is 4.90 Å². The summed E-state index contributed by atoms with van der Waals surface area (Å²) in [5, 5.41) is 0. The highest BCUT2D eigenvalue weighted by atomic mass is 15.2. The molecule has 1 aliphatic heterocycles. The van der Waals surface area contributed by atoms with Crippen molar-refractivity contribution in [1.29, 1.82) is 0 Å². The molecule has 1 aromatic carbocycles. The first-order valence-corrected chi connectivity index (χ1v) is 6.07. The van der Waals surface area contributed by atoms with Gasteiger partial charge in [-0.2, -0.15) is 0 Å². The molecule has 0 aliphatic carbocycles. The lowest BCUT2D eigenvalue weighted by Gasteiger charge is -2.46. The quantitative estimate of drug-likeness (QED) is 0.750. The molecule has 0 bridgehead atoms. The van der Waals surface area contributed by atoms with E-state index in [-0.39, 0.29) is 5.54 Å². The van der Waals surface area contributed by atoms with Gasteiger partial charge in [-0.25, -0.2) is 0 Å². The number of nitrogens with zero attached hydrogens (tertiary/aromatic N) is 2. The summed E-state index contributed by atoms with van der Waals surface area (Å²) < 4.78 is 0. The van der Waals surface area contributed by atoms with Gasteiger partial charge in [0.25, 0.3) is 0 Å². The third-order valence-electron chi connectivity index (χ3n) is 3.98. The van der Waals surface area contributed by atoms with Crippen molar-refractivity contribution in [1.82, 2.24) is 9.80 Å². The zero-order chi connectivity index (χ0) is 11.6. The average molecular weight is 218 g/mol. The maximum atomic E-state index is 2.42. The Morgan fingerprint density at radius 2 is 1.62 bits per heavy atom. The topological polar surface area (TPSA) is 6.48 Å². The maximum Gasteiger partial charge on any atom is 0.0479 e. The van der Waals surface area contributed by atoms with Gasteiger partial charge in [0.05, 0.1) is 0 Å². The molecule has 0 N–H and O–H groups in total. The summed E-state index contributed by atoms with van der Waals surface area (Å²) in [6, 6.07) is 10.9. The molecule has 0 saturated carbocycles. The second-order valence-corrected chi connectivity index (χ2v) is 5.10. The smallest absolute Gasteiger partial charge is 0.0479 e. The molecule has 0 spiro atoms. The van der Waals surface area contributed by atoms with E-state index in [1.165, 1.54) is 31.5 Å². The van der Waals surface area contributed by atoms with Crippen LogP contribution in [0.1, 0.15) is 18.4 Å². The lowest BCUT2D eigenvalue weighted by atomic mass is 9.80. The van der Waals surface area contributed by atoms with Crippen LogP contribution in [0.4, 0.5) is 0 Å². The fraction of sp³-hybridized carbons (Fsp3) is 0.571. The largest absolute Gasteiger partial charge is 0.306 e. The number of hydrogen-bond donors (Lipinski definition) is 0. The number of rotatable bonds is 2. The van der Waals surface area contributed by atoms with Crippen LogP contribution >= 0.6 is 0 Å². The molecular weight excluding hydrogens is 196 g/mol. The van der Waals surface area contributed by atoms with E-state index in [0.717, 1.165) is 0 Å². The molecule has 2 heteroatoms. The van der Waals surface area contributed by atoms with E-state index in [1.54, 1.807) is 0 Å². The van der Waals surface area contributed by atoms with E-state index >= 15 is 0 Å². The molecule has 0 atom stereocenters. The second kappa shape index (κ2) is 4.56. The Bertz CT molecular complexity index is 324. The van der Waals surface area contributed by atoms with Gasteiger partial charge in [0.1, 0.15) is 0 Å². The van der Waals surface area contributed by atoms with Gasteiger partial charge in [-0.15, -0.1) is 0 Å². The molecule has 88 valence electrons. The fourth-order valence-electron chi connectivity index (χ4n) is 2.73. The minimum absolute atomic E-state index is 0.244. The maximum absolute atomic E-state index is 2.42. The van der Waals surface area contributed by atoms with Gasteiger partial charge in [0.15, 0.2) is 0 Å². The summed E-state index contributed by atoms with van der Waals surface area (Å²) in [5.41, 5.74) is 1.71. The van der Waals surface area contributed by atoms with Crippen molar-refractivity contribution in [2.45, 2.75) is 18.4 Å². The summed E-state index contributed by atoms with van der Waals surface area (Å²) in [6.07, 6.45) is 2.45. The molecular formula is C14H22N2. The van der Waals surface area contributed by atoms with Gasteiger partial charge in [-0.1, -0.05) is 30.3 Å². The number of benzene rings is 1. The van der Waals surface area contributed by atoms with Gasteiger partial charge in [-0.05, 0) is 52.6 Å². The molecule has 2 nitrogen and oxygen atoms in total. The normalized spacial score (nSPS) is 21.2. The van der Waals surface area contributed by atoms with Crippen molar-refractivity contribution < 1.29 is 0 Å². The minimum Gasteiger partial charge on any atom is -0.306 e. The van der Waals surface area contributed by atoms with Gasteiger partial charge in [0, 0.05) is 5.54 Å². The Kier molecular flexibility index (Phi) is 3.31. The second-order valence-electron chi connectivity index (χ2n) is 5.10. The molecule has 0 unspecified atom stereocenters. The van der Waals surface area contributed by atoms with Crippen LogP contribution in [0.5, 0.6) is 0 Å². The lowest BCUT2D eigenvalue weighted by Crippen LogP contribution is -2.49. The van der Waals surface area contributed by atoms with Crippen LogP contribution in [0.15, 0.2) is 30.3 Å². The van der Waals surface area contributed by atoms with Crippen LogP contribution in [0.25, 0.3) is 0 Å². The summed E-state index contributed by atoms with van der Waals surface area (Å²) in [5.74, 6) is 0. The summed E-state index contributed by atoms with van der Waals surface area (Å²) in [6.45, 7) is 2.38. The van der Waals surface area contributed by atoms with Crippen molar-refractivity contribution in [2.24, 2.45) is 0 Å². The van der Waals surface area contributed by atoms with Gasteiger partial charge in [0.2, 0.25) is 0 Å². The molecule has 2 rings (SSSR count).